The van der Waals surface area contributed by atoms with Crippen LogP contribution in [0, 0.1) is 0 Å². The molecule has 112 valence electrons. The van der Waals surface area contributed by atoms with E-state index in [9.17, 15) is 8.42 Å². The van der Waals surface area contributed by atoms with E-state index in [1.165, 1.54) is 18.8 Å². The quantitative estimate of drug-likeness (QED) is 0.907. The molecule has 7 heteroatoms. The number of para-hydroxylation sites is 2. The summed E-state index contributed by atoms with van der Waals surface area (Å²) in [6.07, 6.45) is 6.18. The lowest BCUT2D eigenvalue weighted by Crippen LogP contribution is -2.30. The summed E-state index contributed by atoms with van der Waals surface area (Å²) in [5.41, 5.74) is 1.55. The molecule has 2 aromatic rings. The average molecular weight is 306 g/mol. The number of H-pyrrole nitrogens is 1. The molecule has 6 nitrogen and oxygen atoms in total. The second kappa shape index (κ2) is 5.77. The smallest absolute Gasteiger partial charge is 0.265 e. The third kappa shape index (κ3) is 3.02. The third-order valence-electron chi connectivity index (χ3n) is 3.63. The Kier molecular flexibility index (Phi) is 3.83. The number of aromatic nitrogens is 2. The summed E-state index contributed by atoms with van der Waals surface area (Å²) in [4.78, 5) is 2.37. The fourth-order valence-corrected chi connectivity index (χ4v) is 3.54. The van der Waals surface area contributed by atoms with E-state index in [2.05, 4.69) is 19.8 Å². The number of sulfonamides is 1. The van der Waals surface area contributed by atoms with Crippen LogP contribution in [0.5, 0.6) is 0 Å². The van der Waals surface area contributed by atoms with Gasteiger partial charge in [-0.1, -0.05) is 12.1 Å². The van der Waals surface area contributed by atoms with Gasteiger partial charge in [0.05, 0.1) is 17.6 Å². The summed E-state index contributed by atoms with van der Waals surface area (Å²) in [6.45, 7) is 1.93. The van der Waals surface area contributed by atoms with E-state index >= 15 is 0 Å². The minimum Gasteiger partial charge on any atom is -0.370 e. The predicted octanol–water partition coefficient (Wildman–Crippen LogP) is 2.20. The lowest BCUT2D eigenvalue weighted by atomic mass is 10.1. The van der Waals surface area contributed by atoms with Gasteiger partial charge in [0, 0.05) is 19.3 Å². The number of hydrogen-bond donors (Lipinski definition) is 2. The molecule has 1 aromatic heterocycles. The normalized spacial score (nSPS) is 15.9. The van der Waals surface area contributed by atoms with E-state index in [1.54, 1.807) is 6.07 Å². The van der Waals surface area contributed by atoms with E-state index in [4.69, 9.17) is 0 Å². The van der Waals surface area contributed by atoms with Crippen molar-refractivity contribution >= 4 is 21.4 Å². The molecule has 2 heterocycles. The molecule has 1 fully saturated rings. The Morgan fingerprint density at radius 3 is 2.62 bits per heavy atom. The van der Waals surface area contributed by atoms with Crippen molar-refractivity contribution in [1.82, 2.24) is 10.2 Å². The van der Waals surface area contributed by atoms with Crippen molar-refractivity contribution in [3.8, 4) is 0 Å². The van der Waals surface area contributed by atoms with Crippen molar-refractivity contribution in [2.75, 3.05) is 22.7 Å². The minimum absolute atomic E-state index is 0.135. The van der Waals surface area contributed by atoms with Gasteiger partial charge in [-0.3, -0.25) is 9.82 Å². The van der Waals surface area contributed by atoms with E-state index in [-0.39, 0.29) is 4.90 Å². The Morgan fingerprint density at radius 1 is 1.14 bits per heavy atom. The maximum absolute atomic E-state index is 12.3. The number of hydrogen-bond acceptors (Lipinski definition) is 4. The summed E-state index contributed by atoms with van der Waals surface area (Å²) >= 11 is 0. The molecule has 1 aromatic carbocycles. The van der Waals surface area contributed by atoms with Crippen LogP contribution in [0.3, 0.4) is 0 Å². The number of nitrogens with zero attached hydrogens (tertiary/aromatic N) is 2. The second-order valence-corrected chi connectivity index (χ2v) is 6.79. The number of aromatic amines is 1. The average Bonchev–Trinajstić information content (AvgIpc) is 3.03. The molecule has 3 rings (SSSR count). The number of piperidine rings is 1. The van der Waals surface area contributed by atoms with Crippen molar-refractivity contribution in [3.63, 3.8) is 0 Å². The molecule has 0 spiro atoms. The molecule has 0 aliphatic carbocycles. The van der Waals surface area contributed by atoms with Gasteiger partial charge in [-0.25, -0.2) is 8.42 Å². The van der Waals surface area contributed by atoms with Gasteiger partial charge in [0.15, 0.2) is 0 Å². The molecule has 1 aliphatic rings. The number of anilines is 2. The van der Waals surface area contributed by atoms with Crippen LogP contribution in [-0.2, 0) is 10.0 Å². The zero-order valence-corrected chi connectivity index (χ0v) is 12.4. The standard InChI is InChI=1S/C14H18N4O2S/c19-21(20,12-10-15-16-11-12)17-13-6-2-3-7-14(13)18-8-4-1-5-9-18/h2-3,6-7,10-11,17H,1,4-5,8-9H2,(H,15,16). The monoisotopic (exact) mass is 306 g/mol. The number of benzene rings is 1. The molecule has 1 aliphatic heterocycles. The van der Waals surface area contributed by atoms with Crippen LogP contribution in [0.25, 0.3) is 0 Å². The van der Waals surface area contributed by atoms with E-state index in [1.807, 2.05) is 18.2 Å². The molecule has 21 heavy (non-hydrogen) atoms. The highest BCUT2D eigenvalue weighted by Gasteiger charge is 2.19. The Hall–Kier alpha value is -2.02. The molecular weight excluding hydrogens is 288 g/mol. The Morgan fingerprint density at radius 2 is 1.90 bits per heavy atom. The zero-order chi connectivity index (χ0) is 14.7. The van der Waals surface area contributed by atoms with Gasteiger partial charge in [0.25, 0.3) is 10.0 Å². The highest BCUT2D eigenvalue weighted by molar-refractivity contribution is 7.92. The molecule has 0 unspecified atom stereocenters. The zero-order valence-electron chi connectivity index (χ0n) is 11.6. The van der Waals surface area contributed by atoms with Crippen LogP contribution in [-0.4, -0.2) is 31.7 Å². The van der Waals surface area contributed by atoms with Gasteiger partial charge >= 0.3 is 0 Å². The summed E-state index contributed by atoms with van der Waals surface area (Å²) in [6, 6.07) is 7.51. The van der Waals surface area contributed by atoms with Crippen LogP contribution >= 0.6 is 0 Å². The topological polar surface area (TPSA) is 78.1 Å². The van der Waals surface area contributed by atoms with Crippen molar-refractivity contribution in [2.45, 2.75) is 24.2 Å². The largest absolute Gasteiger partial charge is 0.370 e. The van der Waals surface area contributed by atoms with E-state index in [0.29, 0.717) is 5.69 Å². The highest BCUT2D eigenvalue weighted by Crippen LogP contribution is 2.29. The lowest BCUT2D eigenvalue weighted by molar-refractivity contribution is 0.578. The van der Waals surface area contributed by atoms with Crippen molar-refractivity contribution < 1.29 is 8.42 Å². The van der Waals surface area contributed by atoms with Crippen LogP contribution < -0.4 is 9.62 Å². The molecular formula is C14H18N4O2S. The lowest BCUT2D eigenvalue weighted by Gasteiger charge is -2.30. The first-order chi connectivity index (χ1) is 10.2. The Labute approximate surface area is 124 Å². The molecule has 0 saturated carbocycles. The fraction of sp³-hybridized carbons (Fsp3) is 0.357. The predicted molar refractivity (Wildman–Crippen MR) is 81.9 cm³/mol. The van der Waals surface area contributed by atoms with Gasteiger partial charge in [-0.2, -0.15) is 5.10 Å². The SMILES string of the molecule is O=S(=O)(Nc1ccccc1N1CCCCC1)c1cn[nH]c1. The van der Waals surface area contributed by atoms with Crippen molar-refractivity contribution in [2.24, 2.45) is 0 Å². The highest BCUT2D eigenvalue weighted by atomic mass is 32.2. The summed E-state index contributed by atoms with van der Waals surface area (Å²) in [7, 11) is -3.60. The van der Waals surface area contributed by atoms with Gasteiger partial charge in [0.2, 0.25) is 0 Å². The Bertz CT molecular complexity index is 692. The summed E-state index contributed by atoms with van der Waals surface area (Å²) in [5.74, 6) is 0. The van der Waals surface area contributed by atoms with Crippen LogP contribution in [0.4, 0.5) is 11.4 Å². The molecule has 0 atom stereocenters. The third-order valence-corrected chi connectivity index (χ3v) is 4.96. The van der Waals surface area contributed by atoms with Crippen LogP contribution in [0.2, 0.25) is 0 Å². The van der Waals surface area contributed by atoms with E-state index in [0.717, 1.165) is 31.6 Å². The summed E-state index contributed by atoms with van der Waals surface area (Å²) < 4.78 is 27.3. The second-order valence-electron chi connectivity index (χ2n) is 5.10. The molecule has 0 radical (unpaired) electrons. The maximum atomic E-state index is 12.3. The van der Waals surface area contributed by atoms with Crippen molar-refractivity contribution in [1.29, 1.82) is 0 Å². The van der Waals surface area contributed by atoms with Crippen molar-refractivity contribution in [3.05, 3.63) is 36.7 Å². The first-order valence-corrected chi connectivity index (χ1v) is 8.51. The van der Waals surface area contributed by atoms with Gasteiger partial charge < -0.3 is 4.90 Å². The molecule has 0 amide bonds. The molecule has 0 bridgehead atoms. The van der Waals surface area contributed by atoms with Crippen LogP contribution in [0.1, 0.15) is 19.3 Å². The molecule has 2 N–H and O–H groups in total. The number of rotatable bonds is 4. The van der Waals surface area contributed by atoms with Gasteiger partial charge in [0.1, 0.15) is 4.90 Å². The Balaban J connectivity index is 1.89. The number of nitrogens with one attached hydrogen (secondary N) is 2. The first-order valence-electron chi connectivity index (χ1n) is 7.02. The van der Waals surface area contributed by atoms with Gasteiger partial charge in [-0.15, -0.1) is 0 Å². The van der Waals surface area contributed by atoms with Gasteiger partial charge in [-0.05, 0) is 31.4 Å². The molecule has 1 saturated heterocycles. The fourth-order valence-electron chi connectivity index (χ4n) is 2.56. The van der Waals surface area contributed by atoms with E-state index < -0.39 is 10.0 Å². The summed E-state index contributed by atoms with van der Waals surface area (Å²) in [5, 5.41) is 6.21. The van der Waals surface area contributed by atoms with Crippen LogP contribution in [0.15, 0.2) is 41.6 Å². The first kappa shape index (κ1) is 13.9. The minimum atomic E-state index is -3.60. The maximum Gasteiger partial charge on any atom is 0.265 e.